The molecule has 1 aromatic carbocycles. The monoisotopic (exact) mass is 234 g/mol. The molecule has 0 heterocycles. The Morgan fingerprint density at radius 1 is 1.13 bits per heavy atom. The fourth-order valence-corrected chi connectivity index (χ4v) is 1.52. The van der Waals surface area contributed by atoms with Crippen LogP contribution in [-0.4, -0.2) is 8.42 Å². The fourth-order valence-electron chi connectivity index (χ4n) is 0.891. The Labute approximate surface area is 84.6 Å². The molecular weight excluding hydrogens is 229 g/mol. The molecular formula is C9H5F3O2S. The molecule has 1 rings (SSSR count). The van der Waals surface area contributed by atoms with Gasteiger partial charge in [0.1, 0.15) is 0 Å². The number of benzene rings is 1. The number of hydrogen-bond acceptors (Lipinski definition) is 2. The molecule has 0 saturated heterocycles. The van der Waals surface area contributed by atoms with Crippen molar-refractivity contribution in [3.05, 3.63) is 29.8 Å². The van der Waals surface area contributed by atoms with Crippen molar-refractivity contribution in [1.29, 1.82) is 0 Å². The summed E-state index contributed by atoms with van der Waals surface area (Å²) in [4.78, 5) is -0.321. The summed E-state index contributed by atoms with van der Waals surface area (Å²) < 4.78 is 58.4. The number of halogens is 3. The molecule has 15 heavy (non-hydrogen) atoms. The maximum absolute atomic E-state index is 12.1. The van der Waals surface area contributed by atoms with Gasteiger partial charge in [0, 0.05) is 5.25 Å². The van der Waals surface area contributed by atoms with Crippen molar-refractivity contribution < 1.29 is 21.6 Å². The van der Waals surface area contributed by atoms with Crippen LogP contribution >= 0.6 is 0 Å². The van der Waals surface area contributed by atoms with E-state index < -0.39 is 21.6 Å². The molecule has 0 bridgehead atoms. The SMILES string of the molecule is C#CS(=O)(=O)c1ccc(C(F)(F)F)cc1. The molecule has 0 unspecified atom stereocenters. The van der Waals surface area contributed by atoms with Gasteiger partial charge < -0.3 is 0 Å². The van der Waals surface area contributed by atoms with E-state index in [4.69, 9.17) is 6.42 Å². The first-order valence-electron chi connectivity index (χ1n) is 3.67. The number of alkyl halides is 3. The van der Waals surface area contributed by atoms with Crippen molar-refractivity contribution in [2.45, 2.75) is 11.1 Å². The number of hydrogen-bond donors (Lipinski definition) is 0. The lowest BCUT2D eigenvalue weighted by molar-refractivity contribution is -0.137. The lowest BCUT2D eigenvalue weighted by atomic mass is 10.2. The average Bonchev–Trinajstić information content (AvgIpc) is 2.17. The van der Waals surface area contributed by atoms with Crippen LogP contribution in [0, 0.1) is 11.7 Å². The summed E-state index contributed by atoms with van der Waals surface area (Å²) >= 11 is 0. The second-order valence-electron chi connectivity index (χ2n) is 2.64. The van der Waals surface area contributed by atoms with Crippen LogP contribution in [0.15, 0.2) is 29.2 Å². The van der Waals surface area contributed by atoms with Gasteiger partial charge in [0.15, 0.2) is 0 Å². The Balaban J connectivity index is 3.19. The Morgan fingerprint density at radius 3 is 1.93 bits per heavy atom. The van der Waals surface area contributed by atoms with Crippen LogP contribution in [0.5, 0.6) is 0 Å². The Morgan fingerprint density at radius 2 is 1.60 bits per heavy atom. The van der Waals surface area contributed by atoms with Crippen LogP contribution in [0.2, 0.25) is 0 Å². The van der Waals surface area contributed by atoms with E-state index >= 15 is 0 Å². The van der Waals surface area contributed by atoms with E-state index in [1.165, 1.54) is 5.25 Å². The van der Waals surface area contributed by atoms with Gasteiger partial charge in [0.25, 0.3) is 0 Å². The molecule has 0 fully saturated rings. The summed E-state index contributed by atoms with van der Waals surface area (Å²) in [5, 5.41) is 1.51. The smallest absolute Gasteiger partial charge is 0.210 e. The van der Waals surface area contributed by atoms with Gasteiger partial charge in [-0.2, -0.15) is 13.2 Å². The standard InChI is InChI=1S/C9H5F3O2S/c1-2-15(13,14)8-5-3-7(4-6-8)9(10,11)12/h1,3-6H. The fraction of sp³-hybridized carbons (Fsp3) is 0.111. The van der Waals surface area contributed by atoms with Gasteiger partial charge in [0.2, 0.25) is 9.84 Å². The molecule has 0 aliphatic rings. The third-order valence-electron chi connectivity index (χ3n) is 1.65. The summed E-state index contributed by atoms with van der Waals surface area (Å²) in [5.41, 5.74) is -0.918. The largest absolute Gasteiger partial charge is 0.416 e. The minimum Gasteiger partial charge on any atom is -0.210 e. The normalized spacial score (nSPS) is 12.1. The van der Waals surface area contributed by atoms with Crippen molar-refractivity contribution in [3.8, 4) is 11.7 Å². The number of terminal acetylenes is 1. The zero-order chi connectivity index (χ0) is 11.7. The summed E-state index contributed by atoms with van der Waals surface area (Å²) in [6.45, 7) is 0. The molecule has 0 spiro atoms. The van der Waals surface area contributed by atoms with Crippen LogP contribution in [0.3, 0.4) is 0 Å². The molecule has 6 heteroatoms. The van der Waals surface area contributed by atoms with Gasteiger partial charge in [0.05, 0.1) is 10.5 Å². The summed E-state index contributed by atoms with van der Waals surface area (Å²) in [6.07, 6.45) is 0.214. The van der Waals surface area contributed by atoms with Crippen LogP contribution in [0.4, 0.5) is 13.2 Å². The van der Waals surface area contributed by atoms with Gasteiger partial charge in [-0.3, -0.25) is 0 Å². The van der Waals surface area contributed by atoms with E-state index in [0.29, 0.717) is 12.1 Å². The molecule has 1 aromatic rings. The zero-order valence-electron chi connectivity index (χ0n) is 7.25. The van der Waals surface area contributed by atoms with E-state index in [1.807, 2.05) is 0 Å². The second kappa shape index (κ2) is 3.59. The molecule has 0 aliphatic carbocycles. The Hall–Kier alpha value is -1.48. The summed E-state index contributed by atoms with van der Waals surface area (Å²) in [5.74, 6) is 0. The first-order valence-corrected chi connectivity index (χ1v) is 5.15. The van der Waals surface area contributed by atoms with E-state index in [-0.39, 0.29) is 4.90 Å². The Kier molecular flexibility index (Phi) is 2.77. The Bertz CT molecular complexity index is 492. The van der Waals surface area contributed by atoms with Crippen molar-refractivity contribution in [1.82, 2.24) is 0 Å². The number of sulfone groups is 1. The molecule has 2 nitrogen and oxygen atoms in total. The predicted octanol–water partition coefficient (Wildman–Crippen LogP) is 2.07. The third kappa shape index (κ3) is 2.50. The molecule has 0 radical (unpaired) electrons. The van der Waals surface area contributed by atoms with E-state index in [2.05, 4.69) is 0 Å². The molecule has 0 amide bonds. The van der Waals surface area contributed by atoms with Crippen molar-refractivity contribution in [3.63, 3.8) is 0 Å². The summed E-state index contributed by atoms with van der Waals surface area (Å²) in [7, 11) is -3.90. The van der Waals surface area contributed by atoms with E-state index in [1.54, 1.807) is 0 Å². The zero-order valence-corrected chi connectivity index (χ0v) is 8.06. The van der Waals surface area contributed by atoms with E-state index in [9.17, 15) is 21.6 Å². The van der Waals surface area contributed by atoms with Crippen LogP contribution < -0.4 is 0 Å². The minimum atomic E-state index is -4.49. The minimum absolute atomic E-state index is 0.321. The second-order valence-corrected chi connectivity index (χ2v) is 4.36. The predicted molar refractivity (Wildman–Crippen MR) is 47.5 cm³/mol. The van der Waals surface area contributed by atoms with Crippen molar-refractivity contribution >= 4 is 9.84 Å². The highest BCUT2D eigenvalue weighted by Gasteiger charge is 2.30. The first-order chi connectivity index (χ1) is 6.77. The van der Waals surface area contributed by atoms with Gasteiger partial charge in [-0.1, -0.05) is 0 Å². The average molecular weight is 234 g/mol. The van der Waals surface area contributed by atoms with Crippen molar-refractivity contribution in [2.75, 3.05) is 0 Å². The highest BCUT2D eigenvalue weighted by molar-refractivity contribution is 7.96. The number of rotatable bonds is 1. The quantitative estimate of drug-likeness (QED) is 0.550. The molecule has 0 N–H and O–H groups in total. The van der Waals surface area contributed by atoms with Crippen LogP contribution in [-0.2, 0) is 16.0 Å². The topological polar surface area (TPSA) is 34.1 Å². The maximum atomic E-state index is 12.1. The molecule has 0 aromatic heterocycles. The van der Waals surface area contributed by atoms with Gasteiger partial charge in [-0.25, -0.2) is 8.42 Å². The summed E-state index contributed by atoms with van der Waals surface area (Å²) in [6, 6.07) is 3.00. The molecule has 0 atom stereocenters. The lowest BCUT2D eigenvalue weighted by Crippen LogP contribution is -2.05. The molecule has 0 saturated carbocycles. The van der Waals surface area contributed by atoms with Crippen LogP contribution in [0.1, 0.15) is 5.56 Å². The van der Waals surface area contributed by atoms with Gasteiger partial charge in [-0.15, -0.1) is 6.42 Å². The van der Waals surface area contributed by atoms with Gasteiger partial charge in [-0.05, 0) is 24.3 Å². The van der Waals surface area contributed by atoms with Gasteiger partial charge >= 0.3 is 6.18 Å². The molecule has 80 valence electrons. The van der Waals surface area contributed by atoms with E-state index in [0.717, 1.165) is 12.1 Å². The van der Waals surface area contributed by atoms with Crippen molar-refractivity contribution in [2.24, 2.45) is 0 Å². The highest BCUT2D eigenvalue weighted by atomic mass is 32.2. The highest BCUT2D eigenvalue weighted by Crippen LogP contribution is 2.29. The molecule has 0 aliphatic heterocycles. The van der Waals surface area contributed by atoms with Crippen LogP contribution in [0.25, 0.3) is 0 Å². The maximum Gasteiger partial charge on any atom is 0.416 e. The lowest BCUT2D eigenvalue weighted by Gasteiger charge is -2.06. The third-order valence-corrected chi connectivity index (χ3v) is 2.85. The first kappa shape index (κ1) is 11.6.